The van der Waals surface area contributed by atoms with Gasteiger partial charge in [-0.05, 0) is 12.1 Å². The number of hydrogen-bond donors (Lipinski definition) is 2. The summed E-state index contributed by atoms with van der Waals surface area (Å²) in [5.41, 5.74) is 11.2. The molecule has 0 bridgehead atoms. The molecule has 0 aliphatic heterocycles. The van der Waals surface area contributed by atoms with Crippen molar-refractivity contribution >= 4 is 29.1 Å². The number of benzene rings is 1. The van der Waals surface area contributed by atoms with Gasteiger partial charge in [0.05, 0.1) is 18.1 Å². The van der Waals surface area contributed by atoms with Crippen molar-refractivity contribution in [2.24, 2.45) is 11.5 Å². The molecule has 0 aromatic heterocycles. The van der Waals surface area contributed by atoms with Gasteiger partial charge < -0.3 is 16.2 Å². The zero-order valence-corrected chi connectivity index (χ0v) is 10.0. The van der Waals surface area contributed by atoms with Crippen LogP contribution in [0, 0.1) is 0 Å². The van der Waals surface area contributed by atoms with Crippen LogP contribution < -0.4 is 16.2 Å². The minimum Gasteiger partial charge on any atom is -0.491 e. The molecule has 0 fully saturated rings. The van der Waals surface area contributed by atoms with Crippen molar-refractivity contribution in [3.05, 3.63) is 27.7 Å². The van der Waals surface area contributed by atoms with E-state index in [2.05, 4.69) is 0 Å². The maximum atomic E-state index is 10.5. The van der Waals surface area contributed by atoms with E-state index in [1.54, 1.807) is 12.1 Å². The Bertz CT molecular complexity index is 397. The summed E-state index contributed by atoms with van der Waals surface area (Å²) in [5.74, 6) is 0.0224. The first-order valence-electron chi connectivity index (χ1n) is 4.63. The summed E-state index contributed by atoms with van der Waals surface area (Å²) < 4.78 is 5.35. The van der Waals surface area contributed by atoms with Crippen LogP contribution in [0.4, 0.5) is 0 Å². The molecule has 1 aromatic carbocycles. The Labute approximate surface area is 103 Å². The van der Waals surface area contributed by atoms with Crippen LogP contribution in [-0.4, -0.2) is 12.5 Å². The zero-order chi connectivity index (χ0) is 12.1. The molecular weight excluding hydrogens is 251 g/mol. The molecule has 0 aliphatic carbocycles. The molecule has 0 saturated carbocycles. The molecule has 0 spiro atoms. The fourth-order valence-electron chi connectivity index (χ4n) is 1.18. The quantitative estimate of drug-likeness (QED) is 0.848. The first-order chi connectivity index (χ1) is 7.54. The van der Waals surface area contributed by atoms with Gasteiger partial charge in [0.15, 0.2) is 0 Å². The van der Waals surface area contributed by atoms with E-state index in [4.69, 9.17) is 39.4 Å². The van der Waals surface area contributed by atoms with Crippen molar-refractivity contribution in [2.75, 3.05) is 6.61 Å². The van der Waals surface area contributed by atoms with Gasteiger partial charge in [-0.2, -0.15) is 0 Å². The van der Waals surface area contributed by atoms with Crippen molar-refractivity contribution in [3.63, 3.8) is 0 Å². The number of halogens is 2. The van der Waals surface area contributed by atoms with E-state index in [0.29, 0.717) is 21.4 Å². The number of nitrogens with two attached hydrogens (primary N) is 2. The Morgan fingerprint density at radius 3 is 2.62 bits per heavy atom. The van der Waals surface area contributed by atoms with Crippen molar-refractivity contribution < 1.29 is 9.53 Å². The molecule has 0 heterocycles. The first kappa shape index (κ1) is 13.1. The van der Waals surface area contributed by atoms with Crippen LogP contribution >= 0.6 is 23.2 Å². The fourth-order valence-corrected chi connectivity index (χ4v) is 1.77. The molecule has 88 valence electrons. The number of amides is 1. The lowest BCUT2D eigenvalue weighted by molar-refractivity contribution is -0.118. The largest absolute Gasteiger partial charge is 0.491 e. The lowest BCUT2D eigenvalue weighted by Gasteiger charge is -2.12. The van der Waals surface area contributed by atoms with Gasteiger partial charge in [0, 0.05) is 17.1 Å². The summed E-state index contributed by atoms with van der Waals surface area (Å²) in [7, 11) is 0. The van der Waals surface area contributed by atoms with Gasteiger partial charge in [0.1, 0.15) is 5.75 Å². The lowest BCUT2D eigenvalue weighted by Crippen LogP contribution is -2.15. The number of hydrogen-bond acceptors (Lipinski definition) is 3. The molecule has 0 aliphatic rings. The van der Waals surface area contributed by atoms with Crippen LogP contribution in [0.3, 0.4) is 0 Å². The SMILES string of the molecule is NCc1cc(Cl)cc(Cl)c1OCCC(N)=O. The molecule has 0 saturated heterocycles. The molecule has 16 heavy (non-hydrogen) atoms. The van der Waals surface area contributed by atoms with Crippen LogP contribution in [0.5, 0.6) is 5.75 Å². The van der Waals surface area contributed by atoms with Crippen LogP contribution in [0.2, 0.25) is 10.0 Å². The van der Waals surface area contributed by atoms with E-state index < -0.39 is 5.91 Å². The normalized spacial score (nSPS) is 10.2. The van der Waals surface area contributed by atoms with Crippen molar-refractivity contribution in [1.29, 1.82) is 0 Å². The third-order valence-corrected chi connectivity index (χ3v) is 2.40. The van der Waals surface area contributed by atoms with E-state index in [0.717, 1.165) is 0 Å². The molecule has 0 unspecified atom stereocenters. The predicted molar refractivity (Wildman–Crippen MR) is 63.7 cm³/mol. The second-order valence-corrected chi connectivity index (χ2v) is 3.99. The van der Waals surface area contributed by atoms with Crippen LogP contribution in [0.1, 0.15) is 12.0 Å². The third-order valence-electron chi connectivity index (χ3n) is 1.90. The van der Waals surface area contributed by atoms with Gasteiger partial charge in [0.25, 0.3) is 0 Å². The van der Waals surface area contributed by atoms with Crippen molar-refractivity contribution in [1.82, 2.24) is 0 Å². The van der Waals surface area contributed by atoms with Gasteiger partial charge in [-0.15, -0.1) is 0 Å². The summed E-state index contributed by atoms with van der Waals surface area (Å²) in [5, 5.41) is 0.866. The van der Waals surface area contributed by atoms with Gasteiger partial charge in [-0.1, -0.05) is 23.2 Å². The van der Waals surface area contributed by atoms with Gasteiger partial charge in [0.2, 0.25) is 5.91 Å². The zero-order valence-electron chi connectivity index (χ0n) is 8.50. The highest BCUT2D eigenvalue weighted by Crippen LogP contribution is 2.32. The predicted octanol–water partition coefficient (Wildman–Crippen LogP) is 1.71. The average Bonchev–Trinajstić information content (AvgIpc) is 2.20. The number of carbonyl (C=O) groups excluding carboxylic acids is 1. The maximum absolute atomic E-state index is 10.5. The topological polar surface area (TPSA) is 78.3 Å². The van der Waals surface area contributed by atoms with Crippen molar-refractivity contribution in [3.8, 4) is 5.75 Å². The third kappa shape index (κ3) is 3.56. The van der Waals surface area contributed by atoms with E-state index >= 15 is 0 Å². The average molecular weight is 263 g/mol. The monoisotopic (exact) mass is 262 g/mol. The first-order valence-corrected chi connectivity index (χ1v) is 5.39. The van der Waals surface area contributed by atoms with Gasteiger partial charge in [-0.3, -0.25) is 4.79 Å². The van der Waals surface area contributed by atoms with E-state index in [-0.39, 0.29) is 19.6 Å². The number of rotatable bonds is 5. The van der Waals surface area contributed by atoms with Crippen LogP contribution in [0.25, 0.3) is 0 Å². The summed E-state index contributed by atoms with van der Waals surface area (Å²) in [4.78, 5) is 10.5. The van der Waals surface area contributed by atoms with E-state index in [9.17, 15) is 4.79 Å². The Kier molecular flexibility index (Phi) is 4.86. The minimum absolute atomic E-state index is 0.128. The smallest absolute Gasteiger partial charge is 0.220 e. The summed E-state index contributed by atoms with van der Waals surface area (Å²) in [6.45, 7) is 0.426. The van der Waals surface area contributed by atoms with E-state index in [1.165, 1.54) is 0 Å². The summed E-state index contributed by atoms with van der Waals surface area (Å²) >= 11 is 11.8. The minimum atomic E-state index is -0.431. The molecule has 6 heteroatoms. The molecular formula is C10H12Cl2N2O2. The highest BCUT2D eigenvalue weighted by atomic mass is 35.5. The molecule has 4 nitrogen and oxygen atoms in total. The lowest BCUT2D eigenvalue weighted by atomic mass is 10.2. The van der Waals surface area contributed by atoms with Crippen molar-refractivity contribution in [2.45, 2.75) is 13.0 Å². The molecule has 0 atom stereocenters. The van der Waals surface area contributed by atoms with Crippen LogP contribution in [0.15, 0.2) is 12.1 Å². The Balaban J connectivity index is 2.81. The summed E-state index contributed by atoms with van der Waals surface area (Å²) in [6, 6.07) is 3.23. The van der Waals surface area contributed by atoms with E-state index in [1.807, 2.05) is 0 Å². The molecule has 0 radical (unpaired) electrons. The second kappa shape index (κ2) is 5.94. The number of primary amides is 1. The van der Waals surface area contributed by atoms with Crippen LogP contribution in [-0.2, 0) is 11.3 Å². The van der Waals surface area contributed by atoms with Gasteiger partial charge >= 0.3 is 0 Å². The highest BCUT2D eigenvalue weighted by molar-refractivity contribution is 6.35. The Hall–Kier alpha value is -0.970. The standard InChI is InChI=1S/C10H12Cl2N2O2/c11-7-3-6(5-13)10(8(12)4-7)16-2-1-9(14)15/h3-4H,1-2,5,13H2,(H2,14,15). The molecule has 1 aromatic rings. The Morgan fingerprint density at radius 2 is 2.06 bits per heavy atom. The van der Waals surface area contributed by atoms with Gasteiger partial charge in [-0.25, -0.2) is 0 Å². The number of carbonyl (C=O) groups is 1. The maximum Gasteiger partial charge on any atom is 0.220 e. The molecule has 1 rings (SSSR count). The fraction of sp³-hybridized carbons (Fsp3) is 0.300. The molecule has 1 amide bonds. The molecule has 4 N–H and O–H groups in total. The number of ether oxygens (including phenoxy) is 1. The Morgan fingerprint density at radius 1 is 1.38 bits per heavy atom. The second-order valence-electron chi connectivity index (χ2n) is 3.14. The summed E-state index contributed by atoms with van der Waals surface area (Å²) in [6.07, 6.45) is 0.128. The highest BCUT2D eigenvalue weighted by Gasteiger charge is 2.09.